The summed E-state index contributed by atoms with van der Waals surface area (Å²) in [5.74, 6) is 0.854. The summed E-state index contributed by atoms with van der Waals surface area (Å²) in [7, 11) is 7.97. The number of halogens is 1. The quantitative estimate of drug-likeness (QED) is 0.315. The van der Waals surface area contributed by atoms with Crippen LogP contribution in [-0.4, -0.2) is 72.4 Å². The monoisotopic (exact) mass is 525 g/mol. The molecule has 166 valence electrons. The van der Waals surface area contributed by atoms with Crippen LogP contribution in [0, 0.1) is 0 Å². The van der Waals surface area contributed by atoms with E-state index in [4.69, 9.17) is 0 Å². The second-order valence-corrected chi connectivity index (χ2v) is 8.01. The van der Waals surface area contributed by atoms with Crippen LogP contribution in [0.15, 0.2) is 47.7 Å². The van der Waals surface area contributed by atoms with E-state index < -0.39 is 0 Å². The number of aromatic nitrogens is 2. The number of likely N-dealkylation sites (N-methyl/N-ethyl adjacent to an activating group) is 1. The predicted octanol–water partition coefficient (Wildman–Crippen LogP) is 2.47. The Morgan fingerprint density at radius 1 is 1.27 bits per heavy atom. The lowest BCUT2D eigenvalue weighted by atomic mass is 10.1. The highest BCUT2D eigenvalue weighted by atomic mass is 127. The lowest BCUT2D eigenvalue weighted by Crippen LogP contribution is -2.46. The SMILES string of the molecule is CN=C(NCC(c1cnn(C)c1)N(C)C)NCC1CCCN1Cc1ccccc1.I. The molecule has 2 aromatic rings. The number of aryl methyl sites for hydroxylation is 1. The van der Waals surface area contributed by atoms with Crippen molar-refractivity contribution >= 4 is 29.9 Å². The molecule has 2 heterocycles. The van der Waals surface area contributed by atoms with E-state index in [0.717, 1.165) is 32.1 Å². The van der Waals surface area contributed by atoms with Gasteiger partial charge in [-0.1, -0.05) is 30.3 Å². The molecule has 30 heavy (non-hydrogen) atoms. The Hall–Kier alpha value is -1.65. The fourth-order valence-electron chi connectivity index (χ4n) is 3.99. The molecule has 0 amide bonds. The van der Waals surface area contributed by atoms with Gasteiger partial charge in [-0.2, -0.15) is 5.10 Å². The van der Waals surface area contributed by atoms with E-state index in [-0.39, 0.29) is 30.0 Å². The van der Waals surface area contributed by atoms with E-state index in [9.17, 15) is 0 Å². The zero-order chi connectivity index (χ0) is 20.6. The van der Waals surface area contributed by atoms with Gasteiger partial charge in [0.2, 0.25) is 0 Å². The van der Waals surface area contributed by atoms with Crippen LogP contribution in [0.1, 0.15) is 30.0 Å². The number of likely N-dealkylation sites (tertiary alicyclic amines) is 1. The van der Waals surface area contributed by atoms with Crippen LogP contribution < -0.4 is 10.6 Å². The first-order valence-corrected chi connectivity index (χ1v) is 10.4. The van der Waals surface area contributed by atoms with Gasteiger partial charge in [0.25, 0.3) is 0 Å². The maximum absolute atomic E-state index is 4.42. The molecule has 0 aliphatic carbocycles. The first kappa shape index (κ1) is 24.6. The third-order valence-corrected chi connectivity index (χ3v) is 5.65. The molecule has 0 bridgehead atoms. The molecule has 2 atom stereocenters. The molecule has 1 aliphatic heterocycles. The van der Waals surface area contributed by atoms with E-state index in [1.165, 1.54) is 24.0 Å². The number of aliphatic imine (C=N–C) groups is 1. The smallest absolute Gasteiger partial charge is 0.191 e. The zero-order valence-electron chi connectivity index (χ0n) is 18.6. The highest BCUT2D eigenvalue weighted by molar-refractivity contribution is 14.0. The van der Waals surface area contributed by atoms with Crippen LogP contribution in [0.2, 0.25) is 0 Å². The van der Waals surface area contributed by atoms with Crippen molar-refractivity contribution < 1.29 is 0 Å². The number of nitrogens with zero attached hydrogens (tertiary/aromatic N) is 5. The summed E-state index contributed by atoms with van der Waals surface area (Å²) >= 11 is 0. The molecule has 1 fully saturated rings. The van der Waals surface area contributed by atoms with Crippen molar-refractivity contribution in [2.45, 2.75) is 31.5 Å². The van der Waals surface area contributed by atoms with Gasteiger partial charge in [0.15, 0.2) is 5.96 Å². The molecule has 3 rings (SSSR count). The molecule has 1 saturated heterocycles. The Morgan fingerprint density at radius 2 is 2.03 bits per heavy atom. The standard InChI is InChI=1S/C22H35N7.HI/c1-23-22(25-15-21(27(2)3)19-13-26-28(4)17-19)24-14-20-11-8-12-29(20)16-18-9-6-5-7-10-18;/h5-7,9-10,13,17,20-21H,8,11-12,14-16H2,1-4H3,(H2,23,24,25);1H. The van der Waals surface area contributed by atoms with Gasteiger partial charge in [-0.15, -0.1) is 24.0 Å². The van der Waals surface area contributed by atoms with Crippen LogP contribution in [0.5, 0.6) is 0 Å². The second kappa shape index (κ2) is 12.3. The molecule has 1 aliphatic rings. The molecular formula is C22H36IN7. The van der Waals surface area contributed by atoms with Crippen molar-refractivity contribution in [1.29, 1.82) is 0 Å². The lowest BCUT2D eigenvalue weighted by Gasteiger charge is -2.27. The highest BCUT2D eigenvalue weighted by Gasteiger charge is 2.24. The average molecular weight is 525 g/mol. The Kier molecular flexibility index (Phi) is 10.1. The van der Waals surface area contributed by atoms with Crippen molar-refractivity contribution in [3.05, 3.63) is 53.9 Å². The number of hydrogen-bond acceptors (Lipinski definition) is 4. The Labute approximate surface area is 197 Å². The molecule has 2 unspecified atom stereocenters. The first-order valence-electron chi connectivity index (χ1n) is 10.4. The van der Waals surface area contributed by atoms with Gasteiger partial charge in [0, 0.05) is 51.5 Å². The van der Waals surface area contributed by atoms with E-state index in [2.05, 4.69) is 81.1 Å². The van der Waals surface area contributed by atoms with Crippen LogP contribution in [0.4, 0.5) is 0 Å². The Morgan fingerprint density at radius 3 is 2.67 bits per heavy atom. The fraction of sp³-hybridized carbons (Fsp3) is 0.545. The summed E-state index contributed by atoms with van der Waals surface area (Å²) < 4.78 is 1.85. The third-order valence-electron chi connectivity index (χ3n) is 5.65. The summed E-state index contributed by atoms with van der Waals surface area (Å²) in [6, 6.07) is 11.5. The van der Waals surface area contributed by atoms with E-state index in [1.807, 2.05) is 25.0 Å². The van der Waals surface area contributed by atoms with Gasteiger partial charge in [-0.3, -0.25) is 14.6 Å². The first-order chi connectivity index (χ1) is 14.1. The van der Waals surface area contributed by atoms with Gasteiger partial charge in [-0.05, 0) is 39.0 Å². The van der Waals surface area contributed by atoms with Crippen molar-refractivity contribution in [3.8, 4) is 0 Å². The summed E-state index contributed by atoms with van der Waals surface area (Å²) in [5, 5.41) is 11.3. The van der Waals surface area contributed by atoms with E-state index in [0.29, 0.717) is 6.04 Å². The largest absolute Gasteiger partial charge is 0.355 e. The number of benzene rings is 1. The second-order valence-electron chi connectivity index (χ2n) is 8.01. The minimum Gasteiger partial charge on any atom is -0.355 e. The molecule has 0 saturated carbocycles. The van der Waals surface area contributed by atoms with Gasteiger partial charge in [-0.25, -0.2) is 0 Å². The summed E-state index contributed by atoms with van der Waals surface area (Å²) in [5.41, 5.74) is 2.58. The predicted molar refractivity (Wildman–Crippen MR) is 134 cm³/mol. The topological polar surface area (TPSA) is 60.7 Å². The number of nitrogens with one attached hydrogen (secondary N) is 2. The minimum atomic E-state index is 0. The maximum Gasteiger partial charge on any atom is 0.191 e. The number of rotatable bonds is 8. The molecule has 1 aromatic heterocycles. The van der Waals surface area contributed by atoms with Crippen LogP contribution in [-0.2, 0) is 13.6 Å². The Balaban J connectivity index is 0.00000320. The van der Waals surface area contributed by atoms with Gasteiger partial charge >= 0.3 is 0 Å². The molecule has 0 spiro atoms. The maximum atomic E-state index is 4.42. The van der Waals surface area contributed by atoms with Gasteiger partial charge < -0.3 is 15.5 Å². The Bertz CT molecular complexity index is 775. The molecular weight excluding hydrogens is 489 g/mol. The molecule has 7 nitrogen and oxygen atoms in total. The van der Waals surface area contributed by atoms with Crippen molar-refractivity contribution in [3.63, 3.8) is 0 Å². The molecule has 0 radical (unpaired) electrons. The lowest BCUT2D eigenvalue weighted by molar-refractivity contribution is 0.245. The summed E-state index contributed by atoms with van der Waals surface area (Å²) in [6.45, 7) is 3.86. The van der Waals surface area contributed by atoms with Crippen LogP contribution in [0.3, 0.4) is 0 Å². The van der Waals surface area contributed by atoms with Gasteiger partial charge in [0.05, 0.1) is 12.2 Å². The van der Waals surface area contributed by atoms with Crippen molar-refractivity contribution in [2.24, 2.45) is 12.0 Å². The number of hydrogen-bond donors (Lipinski definition) is 2. The average Bonchev–Trinajstić information content (AvgIpc) is 3.34. The molecule has 8 heteroatoms. The molecule has 1 aromatic carbocycles. The zero-order valence-corrected chi connectivity index (χ0v) is 20.9. The van der Waals surface area contributed by atoms with Crippen molar-refractivity contribution in [2.75, 3.05) is 40.8 Å². The van der Waals surface area contributed by atoms with E-state index in [1.54, 1.807) is 0 Å². The van der Waals surface area contributed by atoms with Crippen LogP contribution >= 0.6 is 24.0 Å². The van der Waals surface area contributed by atoms with Crippen LogP contribution in [0.25, 0.3) is 0 Å². The third kappa shape index (κ3) is 6.95. The summed E-state index contributed by atoms with van der Waals surface area (Å²) in [6.07, 6.45) is 6.49. The minimum absolute atomic E-state index is 0. The highest BCUT2D eigenvalue weighted by Crippen LogP contribution is 2.19. The molecule has 2 N–H and O–H groups in total. The van der Waals surface area contributed by atoms with Gasteiger partial charge in [0.1, 0.15) is 0 Å². The normalized spacial score (nSPS) is 18.3. The van der Waals surface area contributed by atoms with Crippen molar-refractivity contribution in [1.82, 2.24) is 30.2 Å². The fourth-order valence-corrected chi connectivity index (χ4v) is 3.99. The summed E-state index contributed by atoms with van der Waals surface area (Å²) in [4.78, 5) is 9.21. The van der Waals surface area contributed by atoms with E-state index >= 15 is 0 Å². The number of guanidine groups is 1.